The summed E-state index contributed by atoms with van der Waals surface area (Å²) in [5.74, 6) is -2.96. The number of aromatic amines is 1. The van der Waals surface area contributed by atoms with E-state index >= 15 is 0 Å². The summed E-state index contributed by atoms with van der Waals surface area (Å²) in [7, 11) is 0. The van der Waals surface area contributed by atoms with Crippen molar-refractivity contribution in [3.63, 3.8) is 0 Å². The number of alkyl halides is 2. The Morgan fingerprint density at radius 2 is 1.93 bits per heavy atom. The number of hydrogen-bond acceptors (Lipinski definition) is 4. The second kappa shape index (κ2) is 6.26. The van der Waals surface area contributed by atoms with Gasteiger partial charge in [-0.2, -0.15) is 0 Å². The van der Waals surface area contributed by atoms with Crippen molar-refractivity contribution in [2.45, 2.75) is 64.1 Å². The summed E-state index contributed by atoms with van der Waals surface area (Å²) in [5, 5.41) is 0.456. The molecule has 2 fully saturated rings. The fourth-order valence-corrected chi connectivity index (χ4v) is 5.68. The van der Waals surface area contributed by atoms with E-state index in [1.807, 2.05) is 13.8 Å². The molecule has 30 heavy (non-hydrogen) atoms. The van der Waals surface area contributed by atoms with E-state index in [2.05, 4.69) is 4.98 Å². The van der Waals surface area contributed by atoms with Gasteiger partial charge in [0.25, 0.3) is 5.56 Å². The van der Waals surface area contributed by atoms with Crippen LogP contribution in [0.3, 0.4) is 0 Å². The number of fused-ring (bicyclic) bond motifs is 1. The molecule has 0 aromatic carbocycles. The normalized spacial score (nSPS) is 19.9. The van der Waals surface area contributed by atoms with Gasteiger partial charge in [0.1, 0.15) is 4.83 Å². The molecule has 0 bridgehead atoms. The molecule has 0 radical (unpaired) electrons. The number of thiophene rings is 1. The van der Waals surface area contributed by atoms with Gasteiger partial charge in [0.05, 0.1) is 17.5 Å². The predicted molar refractivity (Wildman–Crippen MR) is 110 cm³/mol. The highest BCUT2D eigenvalue weighted by Crippen LogP contribution is 2.44. The van der Waals surface area contributed by atoms with Gasteiger partial charge in [0.15, 0.2) is 0 Å². The zero-order valence-corrected chi connectivity index (χ0v) is 17.5. The summed E-state index contributed by atoms with van der Waals surface area (Å²) < 4.78 is 31.1. The van der Waals surface area contributed by atoms with E-state index < -0.39 is 17.2 Å². The van der Waals surface area contributed by atoms with Crippen LogP contribution in [-0.4, -0.2) is 24.6 Å². The maximum atomic E-state index is 13.4. The highest BCUT2D eigenvalue weighted by atomic mass is 32.1. The van der Waals surface area contributed by atoms with Gasteiger partial charge in [0.2, 0.25) is 5.92 Å². The molecule has 0 saturated heterocycles. The van der Waals surface area contributed by atoms with Crippen molar-refractivity contribution in [2.75, 3.05) is 0 Å². The van der Waals surface area contributed by atoms with Gasteiger partial charge >= 0.3 is 11.4 Å². The van der Waals surface area contributed by atoms with Crippen LogP contribution in [-0.2, 0) is 18.6 Å². The van der Waals surface area contributed by atoms with E-state index in [-0.39, 0.29) is 43.1 Å². The zero-order chi connectivity index (χ0) is 21.4. The maximum absolute atomic E-state index is 13.4. The number of nitrogens with zero attached hydrogens (tertiary/aromatic N) is 3. The standard InChI is InChI=1S/C20H22F2N4O3S/c1-11-13(10-24-6-5-23-17(24)28)30-16-14(11)15(27)26(19(2)3-4-19)18(29)25(16)9-12-7-20(21,22)8-12/h5-6,12H,3-4,7-10H2,1-2H3,(H,23,28). The molecular formula is C20H22F2N4O3S. The van der Waals surface area contributed by atoms with Crippen LogP contribution in [0.25, 0.3) is 10.2 Å². The maximum Gasteiger partial charge on any atom is 0.332 e. The molecule has 2 aliphatic rings. The van der Waals surface area contributed by atoms with Crippen LogP contribution in [0.1, 0.15) is 43.0 Å². The van der Waals surface area contributed by atoms with Gasteiger partial charge < -0.3 is 4.98 Å². The first kappa shape index (κ1) is 19.5. The highest BCUT2D eigenvalue weighted by Gasteiger charge is 2.46. The Hall–Kier alpha value is -2.49. The lowest BCUT2D eigenvalue weighted by Gasteiger charge is -2.35. The third-order valence-corrected chi connectivity index (χ3v) is 7.78. The van der Waals surface area contributed by atoms with Crippen LogP contribution >= 0.6 is 11.3 Å². The monoisotopic (exact) mass is 436 g/mol. The molecule has 3 aromatic rings. The zero-order valence-electron chi connectivity index (χ0n) is 16.7. The van der Waals surface area contributed by atoms with Crippen molar-refractivity contribution in [1.82, 2.24) is 18.7 Å². The van der Waals surface area contributed by atoms with Gasteiger partial charge in [-0.3, -0.25) is 18.5 Å². The topological polar surface area (TPSA) is 81.8 Å². The van der Waals surface area contributed by atoms with Crippen LogP contribution in [0, 0.1) is 12.8 Å². The van der Waals surface area contributed by atoms with Gasteiger partial charge in [-0.1, -0.05) is 0 Å². The van der Waals surface area contributed by atoms with Crippen LogP contribution < -0.4 is 16.9 Å². The lowest BCUT2D eigenvalue weighted by Crippen LogP contribution is -2.47. The fourth-order valence-electron chi connectivity index (χ4n) is 4.39. The summed E-state index contributed by atoms with van der Waals surface area (Å²) in [6.07, 6.45) is 4.16. The van der Waals surface area contributed by atoms with E-state index in [0.29, 0.717) is 10.2 Å². The third kappa shape index (κ3) is 2.91. The highest BCUT2D eigenvalue weighted by molar-refractivity contribution is 7.18. The number of halogens is 2. The van der Waals surface area contributed by atoms with E-state index in [0.717, 1.165) is 23.3 Å². The second-order valence-electron chi connectivity index (χ2n) is 8.88. The Bertz CT molecular complexity index is 1330. The summed E-state index contributed by atoms with van der Waals surface area (Å²) >= 11 is 1.29. The molecular weight excluding hydrogens is 414 g/mol. The molecule has 3 aromatic heterocycles. The van der Waals surface area contributed by atoms with Crippen LogP contribution in [0.2, 0.25) is 0 Å². The SMILES string of the molecule is Cc1c(Cn2cc[nH]c2=O)sc2c1c(=O)n(C1(C)CC1)c(=O)n2CC1CC(F)(F)C1. The molecule has 0 spiro atoms. The summed E-state index contributed by atoms with van der Waals surface area (Å²) in [4.78, 5) is 42.4. The summed E-state index contributed by atoms with van der Waals surface area (Å²) in [6.45, 7) is 4.15. The van der Waals surface area contributed by atoms with E-state index in [1.54, 1.807) is 12.4 Å². The fraction of sp³-hybridized carbons (Fsp3) is 0.550. The Balaban J connectivity index is 1.69. The molecule has 7 nitrogen and oxygen atoms in total. The average Bonchev–Trinajstić information content (AvgIpc) is 3.10. The number of imidazole rings is 1. The second-order valence-corrected chi connectivity index (χ2v) is 9.97. The molecule has 1 N–H and O–H groups in total. The molecule has 0 unspecified atom stereocenters. The average molecular weight is 436 g/mol. The molecule has 2 saturated carbocycles. The smallest absolute Gasteiger partial charge is 0.313 e. The molecule has 2 aliphatic carbocycles. The molecule has 0 atom stereocenters. The Kier molecular flexibility index (Phi) is 4.06. The van der Waals surface area contributed by atoms with Gasteiger partial charge in [-0.15, -0.1) is 11.3 Å². The molecule has 0 aliphatic heterocycles. The van der Waals surface area contributed by atoms with Crippen molar-refractivity contribution < 1.29 is 8.78 Å². The molecule has 10 heteroatoms. The Morgan fingerprint density at radius 3 is 2.50 bits per heavy atom. The predicted octanol–water partition coefficient (Wildman–Crippen LogP) is 2.63. The van der Waals surface area contributed by atoms with E-state index in [9.17, 15) is 23.2 Å². The Morgan fingerprint density at radius 1 is 1.23 bits per heavy atom. The summed E-state index contributed by atoms with van der Waals surface area (Å²) in [5.41, 5.74) is -0.789. The van der Waals surface area contributed by atoms with E-state index in [1.165, 1.54) is 25.0 Å². The number of hydrogen-bond donors (Lipinski definition) is 1. The van der Waals surface area contributed by atoms with Crippen molar-refractivity contribution in [2.24, 2.45) is 5.92 Å². The first-order chi connectivity index (χ1) is 14.1. The molecule has 5 rings (SSSR count). The van der Waals surface area contributed by atoms with Crippen molar-refractivity contribution in [1.29, 1.82) is 0 Å². The minimum Gasteiger partial charge on any atom is -0.313 e. The number of aromatic nitrogens is 4. The third-order valence-electron chi connectivity index (χ3n) is 6.48. The van der Waals surface area contributed by atoms with Crippen LogP contribution in [0.15, 0.2) is 26.8 Å². The van der Waals surface area contributed by atoms with Gasteiger partial charge in [-0.05, 0) is 38.2 Å². The van der Waals surface area contributed by atoms with Crippen molar-refractivity contribution in [3.05, 3.63) is 54.2 Å². The van der Waals surface area contributed by atoms with E-state index in [4.69, 9.17) is 0 Å². The van der Waals surface area contributed by atoms with Crippen molar-refractivity contribution in [3.8, 4) is 0 Å². The molecule has 3 heterocycles. The number of rotatable bonds is 5. The quantitative estimate of drug-likeness (QED) is 0.668. The minimum absolute atomic E-state index is 0.171. The minimum atomic E-state index is -2.67. The lowest BCUT2D eigenvalue weighted by molar-refractivity contribution is -0.114. The van der Waals surface area contributed by atoms with Crippen LogP contribution in [0.5, 0.6) is 0 Å². The van der Waals surface area contributed by atoms with Gasteiger partial charge in [0, 0.05) is 36.7 Å². The Labute approximate surface area is 173 Å². The number of H-pyrrole nitrogens is 1. The van der Waals surface area contributed by atoms with Crippen molar-refractivity contribution >= 4 is 21.6 Å². The largest absolute Gasteiger partial charge is 0.332 e. The first-order valence-corrected chi connectivity index (χ1v) is 10.8. The number of nitrogens with one attached hydrogen (secondary N) is 1. The molecule has 160 valence electrons. The molecule has 0 amide bonds. The first-order valence-electron chi connectivity index (χ1n) is 10.00. The lowest BCUT2D eigenvalue weighted by atomic mass is 9.81. The van der Waals surface area contributed by atoms with Gasteiger partial charge in [-0.25, -0.2) is 18.4 Å². The van der Waals surface area contributed by atoms with Crippen LogP contribution in [0.4, 0.5) is 8.78 Å². The summed E-state index contributed by atoms with van der Waals surface area (Å²) in [6, 6.07) is 0. The number of aryl methyl sites for hydroxylation is 1.